The lowest BCUT2D eigenvalue weighted by Crippen LogP contribution is -2.29. The highest BCUT2D eigenvalue weighted by Crippen LogP contribution is 2.30. The van der Waals surface area contributed by atoms with Crippen LogP contribution in [0, 0.1) is 5.92 Å². The van der Waals surface area contributed by atoms with Gasteiger partial charge in [-0.15, -0.1) is 0 Å². The summed E-state index contributed by atoms with van der Waals surface area (Å²) >= 11 is 1.48. The number of rotatable bonds is 9. The third kappa shape index (κ3) is 5.92. The van der Waals surface area contributed by atoms with E-state index in [-0.39, 0.29) is 29.7 Å². The summed E-state index contributed by atoms with van der Waals surface area (Å²) in [6.07, 6.45) is 2.89. The van der Waals surface area contributed by atoms with E-state index in [0.29, 0.717) is 24.9 Å². The maximum atomic E-state index is 12.1. The van der Waals surface area contributed by atoms with Gasteiger partial charge < -0.3 is 16.0 Å². The highest BCUT2D eigenvalue weighted by Gasteiger charge is 2.29. The molecule has 0 spiro atoms. The molecule has 1 aromatic carbocycles. The summed E-state index contributed by atoms with van der Waals surface area (Å²) in [5.74, 6) is 0.0976. The Morgan fingerprint density at radius 1 is 1.14 bits per heavy atom. The zero-order chi connectivity index (χ0) is 19.9. The number of thiophene rings is 1. The van der Waals surface area contributed by atoms with Gasteiger partial charge in [0.2, 0.25) is 11.8 Å². The van der Waals surface area contributed by atoms with Crippen LogP contribution < -0.4 is 16.0 Å². The van der Waals surface area contributed by atoms with Gasteiger partial charge in [-0.25, -0.2) is 0 Å². The average molecular weight is 400 g/mol. The minimum Gasteiger partial charge on any atom is -0.352 e. The molecule has 0 saturated heterocycles. The van der Waals surface area contributed by atoms with E-state index in [0.717, 1.165) is 24.1 Å². The van der Waals surface area contributed by atoms with E-state index in [1.807, 2.05) is 36.6 Å². The minimum atomic E-state index is -0.124. The first-order chi connectivity index (χ1) is 13.5. The molecule has 1 saturated carbocycles. The van der Waals surface area contributed by atoms with Crippen LogP contribution in [0.3, 0.4) is 0 Å². The molecule has 1 aromatic heterocycles. The van der Waals surface area contributed by atoms with E-state index in [1.54, 1.807) is 11.4 Å². The Hall–Kier alpha value is -2.67. The smallest absolute Gasteiger partial charge is 0.252 e. The normalized spacial score (nSPS) is 14.2. The van der Waals surface area contributed by atoms with E-state index < -0.39 is 0 Å². The molecule has 28 heavy (non-hydrogen) atoms. The summed E-state index contributed by atoms with van der Waals surface area (Å²) in [4.78, 5) is 35.7. The maximum Gasteiger partial charge on any atom is 0.252 e. The van der Waals surface area contributed by atoms with E-state index in [2.05, 4.69) is 16.0 Å². The van der Waals surface area contributed by atoms with Crippen molar-refractivity contribution in [1.82, 2.24) is 10.6 Å². The molecular formula is C21H25N3O3S. The predicted octanol–water partition coefficient (Wildman–Crippen LogP) is 3.48. The van der Waals surface area contributed by atoms with Crippen LogP contribution in [-0.2, 0) is 9.59 Å². The van der Waals surface area contributed by atoms with Crippen molar-refractivity contribution in [3.8, 4) is 0 Å². The van der Waals surface area contributed by atoms with Gasteiger partial charge in [-0.1, -0.05) is 12.1 Å². The lowest BCUT2D eigenvalue weighted by molar-refractivity contribution is -0.121. The third-order valence-corrected chi connectivity index (χ3v) is 5.34. The van der Waals surface area contributed by atoms with Gasteiger partial charge in [0.1, 0.15) is 0 Å². The lowest BCUT2D eigenvalue weighted by atomic mass is 10.1. The Morgan fingerprint density at radius 3 is 2.54 bits per heavy atom. The molecule has 0 aliphatic heterocycles. The first-order valence-electron chi connectivity index (χ1n) is 9.53. The molecule has 1 atom stereocenters. The van der Waals surface area contributed by atoms with Crippen molar-refractivity contribution in [2.45, 2.75) is 38.6 Å². The zero-order valence-electron chi connectivity index (χ0n) is 15.9. The quantitative estimate of drug-likeness (QED) is 0.564. The maximum absolute atomic E-state index is 12.1. The van der Waals surface area contributed by atoms with Gasteiger partial charge in [0.05, 0.1) is 6.04 Å². The highest BCUT2D eigenvalue weighted by molar-refractivity contribution is 7.08. The number of hydrogen-bond acceptors (Lipinski definition) is 4. The summed E-state index contributed by atoms with van der Waals surface area (Å²) in [5, 5.41) is 12.3. The molecule has 2 aromatic rings. The Labute approximate surface area is 168 Å². The molecule has 7 heteroatoms. The number of anilines is 1. The largest absolute Gasteiger partial charge is 0.352 e. The summed E-state index contributed by atoms with van der Waals surface area (Å²) in [7, 11) is 0. The van der Waals surface area contributed by atoms with Crippen molar-refractivity contribution in [2.75, 3.05) is 11.9 Å². The van der Waals surface area contributed by atoms with Crippen molar-refractivity contribution in [2.24, 2.45) is 5.92 Å². The van der Waals surface area contributed by atoms with Crippen LogP contribution in [0.25, 0.3) is 0 Å². The number of carbonyl (C=O) groups excluding carboxylic acids is 3. The Kier molecular flexibility index (Phi) is 6.81. The van der Waals surface area contributed by atoms with Gasteiger partial charge in [-0.2, -0.15) is 11.3 Å². The molecule has 1 unspecified atom stereocenters. The number of hydrogen-bond donors (Lipinski definition) is 3. The van der Waals surface area contributed by atoms with Crippen molar-refractivity contribution in [3.63, 3.8) is 0 Å². The second-order valence-corrected chi connectivity index (χ2v) is 7.83. The summed E-state index contributed by atoms with van der Waals surface area (Å²) < 4.78 is 0. The third-order valence-electron chi connectivity index (χ3n) is 4.65. The van der Waals surface area contributed by atoms with Gasteiger partial charge in [0.15, 0.2) is 0 Å². The number of nitrogens with one attached hydrogen (secondary N) is 3. The van der Waals surface area contributed by atoms with Crippen molar-refractivity contribution in [1.29, 1.82) is 0 Å². The van der Waals surface area contributed by atoms with Gasteiger partial charge in [-0.3, -0.25) is 14.4 Å². The van der Waals surface area contributed by atoms with Crippen LogP contribution in [-0.4, -0.2) is 24.3 Å². The molecule has 3 rings (SSSR count). The molecule has 0 bridgehead atoms. The van der Waals surface area contributed by atoms with E-state index >= 15 is 0 Å². The number of amides is 3. The molecule has 1 heterocycles. The summed E-state index contributed by atoms with van der Waals surface area (Å²) in [6.45, 7) is 2.39. The first kappa shape index (κ1) is 20.1. The molecule has 1 aliphatic rings. The average Bonchev–Trinajstić information content (AvgIpc) is 3.40. The fraction of sp³-hybridized carbons (Fsp3) is 0.381. The fourth-order valence-corrected chi connectivity index (χ4v) is 3.42. The van der Waals surface area contributed by atoms with Crippen LogP contribution in [0.15, 0.2) is 41.1 Å². The molecule has 6 nitrogen and oxygen atoms in total. The summed E-state index contributed by atoms with van der Waals surface area (Å²) in [6, 6.07) is 9.19. The molecule has 0 radical (unpaired) electrons. The fourth-order valence-electron chi connectivity index (χ4n) is 2.79. The van der Waals surface area contributed by atoms with Crippen molar-refractivity contribution >= 4 is 34.7 Å². The standard InChI is InChI=1S/C21H25N3O3S/c1-14(15-6-8-18(9-7-15)24-21(27)16-4-5-16)23-19(25)3-2-11-22-20(26)17-10-12-28-13-17/h6-10,12-14,16H,2-5,11H2,1H3,(H,22,26)(H,23,25)(H,24,27). The molecule has 1 aliphatic carbocycles. The summed E-state index contributed by atoms with van der Waals surface area (Å²) in [5.41, 5.74) is 2.41. The Bertz CT molecular complexity index is 814. The Morgan fingerprint density at radius 2 is 1.89 bits per heavy atom. The molecular weight excluding hydrogens is 374 g/mol. The SMILES string of the molecule is CC(NC(=O)CCCNC(=O)c1ccsc1)c1ccc(NC(=O)C2CC2)cc1. The van der Waals surface area contributed by atoms with Crippen LogP contribution in [0.2, 0.25) is 0 Å². The molecule has 3 N–H and O–H groups in total. The van der Waals surface area contributed by atoms with Crippen LogP contribution in [0.1, 0.15) is 54.6 Å². The van der Waals surface area contributed by atoms with Gasteiger partial charge in [-0.05, 0) is 55.3 Å². The number of carbonyl (C=O) groups is 3. The van der Waals surface area contributed by atoms with Gasteiger partial charge in [0.25, 0.3) is 5.91 Å². The lowest BCUT2D eigenvalue weighted by Gasteiger charge is -2.15. The van der Waals surface area contributed by atoms with Gasteiger partial charge in [0, 0.05) is 35.5 Å². The predicted molar refractivity (Wildman–Crippen MR) is 110 cm³/mol. The van der Waals surface area contributed by atoms with Gasteiger partial charge >= 0.3 is 0 Å². The molecule has 148 valence electrons. The topological polar surface area (TPSA) is 87.3 Å². The number of benzene rings is 1. The molecule has 1 fully saturated rings. The minimum absolute atomic E-state index is 0.0524. The molecule has 3 amide bonds. The van der Waals surface area contributed by atoms with Crippen LogP contribution in [0.4, 0.5) is 5.69 Å². The van der Waals surface area contributed by atoms with Crippen LogP contribution >= 0.6 is 11.3 Å². The monoisotopic (exact) mass is 399 g/mol. The first-order valence-corrected chi connectivity index (χ1v) is 10.5. The van der Waals surface area contributed by atoms with E-state index in [1.165, 1.54) is 11.3 Å². The van der Waals surface area contributed by atoms with Crippen molar-refractivity contribution in [3.05, 3.63) is 52.2 Å². The van der Waals surface area contributed by atoms with Crippen molar-refractivity contribution < 1.29 is 14.4 Å². The Balaban J connectivity index is 1.36. The van der Waals surface area contributed by atoms with Crippen LogP contribution in [0.5, 0.6) is 0 Å². The zero-order valence-corrected chi connectivity index (χ0v) is 16.7. The van der Waals surface area contributed by atoms with E-state index in [4.69, 9.17) is 0 Å². The second kappa shape index (κ2) is 9.50. The highest BCUT2D eigenvalue weighted by atomic mass is 32.1. The van der Waals surface area contributed by atoms with E-state index in [9.17, 15) is 14.4 Å². The second-order valence-electron chi connectivity index (χ2n) is 7.05.